The number of ether oxygens (including phenoxy) is 1. The molecular formula is C20H17Cl2N5O2S. The lowest BCUT2D eigenvalue weighted by atomic mass is 10.1. The van der Waals surface area contributed by atoms with Crippen LogP contribution in [0, 0.1) is 4.78 Å². The molecule has 3 aromatic heterocycles. The molecule has 0 bridgehead atoms. The number of H-pyrrole nitrogens is 1. The molecule has 0 fully saturated rings. The van der Waals surface area contributed by atoms with Crippen LogP contribution in [-0.4, -0.2) is 30.6 Å². The Balaban J connectivity index is 1.68. The lowest BCUT2D eigenvalue weighted by molar-refractivity contribution is 0.227. The van der Waals surface area contributed by atoms with Gasteiger partial charge < -0.3 is 4.74 Å². The molecule has 30 heavy (non-hydrogen) atoms. The van der Waals surface area contributed by atoms with Crippen LogP contribution in [0.4, 0.5) is 0 Å². The molecule has 4 rings (SSSR count). The summed E-state index contributed by atoms with van der Waals surface area (Å²) in [6, 6.07) is 8.91. The molecular weight excluding hydrogens is 445 g/mol. The van der Waals surface area contributed by atoms with Gasteiger partial charge in [0.15, 0.2) is 0 Å². The van der Waals surface area contributed by atoms with Crippen molar-refractivity contribution in [1.82, 2.24) is 20.2 Å². The Labute approximate surface area is 183 Å². The molecule has 0 aliphatic heterocycles. The summed E-state index contributed by atoms with van der Waals surface area (Å²) in [7, 11) is -2.87. The van der Waals surface area contributed by atoms with Gasteiger partial charge in [0.2, 0.25) is 0 Å². The van der Waals surface area contributed by atoms with Gasteiger partial charge in [0.1, 0.15) is 22.6 Å². The third-order valence-electron chi connectivity index (χ3n) is 4.55. The van der Waals surface area contributed by atoms with Crippen molar-refractivity contribution < 1.29 is 8.95 Å². The Morgan fingerprint density at radius 1 is 1.13 bits per heavy atom. The molecule has 2 N–H and O–H groups in total. The van der Waals surface area contributed by atoms with Crippen molar-refractivity contribution in [2.45, 2.75) is 18.1 Å². The van der Waals surface area contributed by atoms with Crippen LogP contribution < -0.4 is 4.74 Å². The van der Waals surface area contributed by atoms with E-state index in [1.807, 2.05) is 25.1 Å². The zero-order valence-electron chi connectivity index (χ0n) is 16.0. The molecule has 0 aliphatic carbocycles. The summed E-state index contributed by atoms with van der Waals surface area (Å²) in [6.45, 7) is 1.86. The molecule has 0 aliphatic rings. The number of hydrogen-bond donors (Lipinski definition) is 2. The first kappa shape index (κ1) is 20.6. The highest BCUT2D eigenvalue weighted by atomic mass is 35.5. The number of nitrogens with one attached hydrogen (secondary N) is 2. The maximum Gasteiger partial charge on any atom is 0.135 e. The van der Waals surface area contributed by atoms with E-state index in [1.54, 1.807) is 18.3 Å². The number of fused-ring (bicyclic) bond motifs is 1. The highest BCUT2D eigenvalue weighted by molar-refractivity contribution is 7.91. The average molecular weight is 462 g/mol. The summed E-state index contributed by atoms with van der Waals surface area (Å²) in [5.41, 5.74) is 2.90. The highest BCUT2D eigenvalue weighted by Crippen LogP contribution is 2.34. The SMILES string of the molecule is C[C@@H](Oc1ccc2[nH]nc(-c3ccc(S(C)(=N)=O)nc3)c2c1)c1c(Cl)cncc1Cl. The zero-order valence-corrected chi connectivity index (χ0v) is 18.3. The van der Waals surface area contributed by atoms with Crippen molar-refractivity contribution in [2.75, 3.05) is 6.26 Å². The van der Waals surface area contributed by atoms with E-state index in [1.165, 1.54) is 18.6 Å². The fourth-order valence-electron chi connectivity index (χ4n) is 3.11. The zero-order chi connectivity index (χ0) is 21.5. The molecule has 0 saturated heterocycles. The molecule has 4 aromatic rings. The highest BCUT2D eigenvalue weighted by Gasteiger charge is 2.17. The fourth-order valence-corrected chi connectivity index (χ4v) is 4.36. The lowest BCUT2D eigenvalue weighted by Gasteiger charge is -2.17. The normalized spacial score (nSPS) is 14.4. The van der Waals surface area contributed by atoms with Crippen molar-refractivity contribution in [3.63, 3.8) is 0 Å². The van der Waals surface area contributed by atoms with E-state index in [2.05, 4.69) is 20.2 Å². The maximum atomic E-state index is 11.9. The Morgan fingerprint density at radius 2 is 1.87 bits per heavy atom. The summed E-state index contributed by atoms with van der Waals surface area (Å²) < 4.78 is 25.6. The van der Waals surface area contributed by atoms with Crippen LogP contribution in [0.15, 0.2) is 53.9 Å². The minimum atomic E-state index is -2.87. The van der Waals surface area contributed by atoms with E-state index in [0.29, 0.717) is 27.1 Å². The Morgan fingerprint density at radius 3 is 2.50 bits per heavy atom. The van der Waals surface area contributed by atoms with E-state index < -0.39 is 15.8 Å². The van der Waals surface area contributed by atoms with Gasteiger partial charge in [-0.1, -0.05) is 23.2 Å². The summed E-state index contributed by atoms with van der Waals surface area (Å²) in [4.78, 5) is 8.13. The molecule has 0 radical (unpaired) electrons. The Hall–Kier alpha value is -2.68. The number of hydrogen-bond acceptors (Lipinski definition) is 6. The van der Waals surface area contributed by atoms with Gasteiger partial charge in [0.25, 0.3) is 0 Å². The van der Waals surface area contributed by atoms with Crippen molar-refractivity contribution in [1.29, 1.82) is 4.78 Å². The van der Waals surface area contributed by atoms with Crippen LogP contribution in [-0.2, 0) is 9.73 Å². The van der Waals surface area contributed by atoms with Crippen LogP contribution in [0.1, 0.15) is 18.6 Å². The van der Waals surface area contributed by atoms with Gasteiger partial charge in [-0.2, -0.15) is 5.10 Å². The number of aromatic amines is 1. The minimum Gasteiger partial charge on any atom is -0.486 e. The number of aromatic nitrogens is 4. The first-order chi connectivity index (χ1) is 14.2. The van der Waals surface area contributed by atoms with Crippen molar-refractivity contribution >= 4 is 43.8 Å². The van der Waals surface area contributed by atoms with Crippen LogP contribution in [0.2, 0.25) is 10.0 Å². The number of rotatable bonds is 5. The standard InChI is InChI=1S/C20H17Cl2N5O2S/c1-11(19-15(21)9-24-10-16(19)22)29-13-4-5-17-14(7-13)20(27-26-17)12-3-6-18(25-8-12)30(2,23)28/h3-11,23H,1-2H3,(H,26,27)/t11-,30?/m1/s1. The van der Waals surface area contributed by atoms with E-state index in [4.69, 9.17) is 32.7 Å². The third-order valence-corrected chi connectivity index (χ3v) is 6.19. The predicted octanol–water partition coefficient (Wildman–Crippen LogP) is 5.50. The van der Waals surface area contributed by atoms with Gasteiger partial charge in [-0.05, 0) is 37.3 Å². The molecule has 1 unspecified atom stereocenters. The smallest absolute Gasteiger partial charge is 0.135 e. The second-order valence-electron chi connectivity index (χ2n) is 6.79. The molecule has 0 amide bonds. The van der Waals surface area contributed by atoms with Gasteiger partial charge in [-0.15, -0.1) is 0 Å². The molecule has 0 spiro atoms. The topological polar surface area (TPSA) is 105 Å². The number of pyridine rings is 2. The summed E-state index contributed by atoms with van der Waals surface area (Å²) in [6.07, 6.45) is 5.57. The Bertz CT molecular complexity index is 1320. The summed E-state index contributed by atoms with van der Waals surface area (Å²) in [5, 5.41) is 9.30. The number of halogens is 2. The van der Waals surface area contributed by atoms with Gasteiger partial charge in [0, 0.05) is 41.4 Å². The van der Waals surface area contributed by atoms with E-state index in [9.17, 15) is 4.21 Å². The molecule has 2 atom stereocenters. The van der Waals surface area contributed by atoms with Gasteiger partial charge in [-0.3, -0.25) is 10.1 Å². The van der Waals surface area contributed by atoms with Crippen LogP contribution in [0.3, 0.4) is 0 Å². The number of nitrogens with zero attached hydrogens (tertiary/aromatic N) is 3. The second kappa shape index (κ2) is 7.86. The van der Waals surface area contributed by atoms with E-state index >= 15 is 0 Å². The fraction of sp³-hybridized carbons (Fsp3) is 0.150. The maximum absolute atomic E-state index is 11.9. The van der Waals surface area contributed by atoms with E-state index in [-0.39, 0.29) is 5.03 Å². The van der Waals surface area contributed by atoms with E-state index in [0.717, 1.165) is 16.5 Å². The molecule has 154 valence electrons. The summed E-state index contributed by atoms with van der Waals surface area (Å²) in [5.74, 6) is 0.619. The molecule has 3 heterocycles. The van der Waals surface area contributed by atoms with Crippen LogP contribution in [0.5, 0.6) is 5.75 Å². The molecule has 7 nitrogen and oxygen atoms in total. The molecule has 10 heteroatoms. The quantitative estimate of drug-likeness (QED) is 0.407. The van der Waals surface area contributed by atoms with Gasteiger partial charge in [-0.25, -0.2) is 14.0 Å². The first-order valence-electron chi connectivity index (χ1n) is 8.88. The molecule has 1 aromatic carbocycles. The number of benzene rings is 1. The Kier molecular flexibility index (Phi) is 5.40. The summed E-state index contributed by atoms with van der Waals surface area (Å²) >= 11 is 12.5. The van der Waals surface area contributed by atoms with Gasteiger partial charge >= 0.3 is 0 Å². The average Bonchev–Trinajstić information content (AvgIpc) is 3.10. The minimum absolute atomic E-state index is 0.232. The molecule has 0 saturated carbocycles. The largest absolute Gasteiger partial charge is 0.486 e. The van der Waals surface area contributed by atoms with Crippen molar-refractivity contribution in [3.8, 4) is 17.0 Å². The van der Waals surface area contributed by atoms with Crippen molar-refractivity contribution in [2.24, 2.45) is 0 Å². The first-order valence-corrected chi connectivity index (χ1v) is 11.6. The predicted molar refractivity (Wildman–Crippen MR) is 118 cm³/mol. The second-order valence-corrected chi connectivity index (χ2v) is 9.71. The third kappa shape index (κ3) is 3.98. The van der Waals surface area contributed by atoms with Crippen molar-refractivity contribution in [3.05, 3.63) is 64.5 Å². The van der Waals surface area contributed by atoms with Gasteiger partial charge in [0.05, 0.1) is 25.3 Å². The lowest BCUT2D eigenvalue weighted by Crippen LogP contribution is -2.05. The monoisotopic (exact) mass is 461 g/mol. The van der Waals surface area contributed by atoms with Crippen LogP contribution in [0.25, 0.3) is 22.2 Å². The van der Waals surface area contributed by atoms with Crippen LogP contribution >= 0.6 is 23.2 Å².